The first-order chi connectivity index (χ1) is 11.3. The number of nitrogens with zero attached hydrogens (tertiary/aromatic N) is 1. The maximum Gasteiger partial charge on any atom is 0.241 e. The molecule has 1 amide bonds. The van der Waals surface area contributed by atoms with Crippen LogP contribution in [0.3, 0.4) is 0 Å². The number of rotatable bonds is 5. The highest BCUT2D eigenvalue weighted by Gasteiger charge is 2.40. The number of hydrogen-bond donors (Lipinski definition) is 1. The standard InChI is InChI=1S/C16H20Cl2N2O3S/c1-24(22,23)20(14-4-2-3-12(17)16(14)18)9-15(21)19-13-8-10-5-6-11(13)7-10/h2-4,10-11,13H,5-9H2,1H3,(H,19,21)/t10-,11-,13+/m0/s1. The van der Waals surface area contributed by atoms with E-state index in [0.29, 0.717) is 11.8 Å². The van der Waals surface area contributed by atoms with Gasteiger partial charge in [-0.1, -0.05) is 35.7 Å². The van der Waals surface area contributed by atoms with E-state index in [0.717, 1.165) is 23.4 Å². The van der Waals surface area contributed by atoms with E-state index in [1.165, 1.54) is 12.8 Å². The van der Waals surface area contributed by atoms with Crippen molar-refractivity contribution in [2.75, 3.05) is 17.1 Å². The highest BCUT2D eigenvalue weighted by molar-refractivity contribution is 7.92. The van der Waals surface area contributed by atoms with Crippen LogP contribution < -0.4 is 9.62 Å². The molecule has 8 heteroatoms. The molecule has 3 atom stereocenters. The molecule has 1 aromatic rings. The molecule has 2 bridgehead atoms. The van der Waals surface area contributed by atoms with Gasteiger partial charge in [0.1, 0.15) is 6.54 Å². The molecule has 1 aromatic carbocycles. The van der Waals surface area contributed by atoms with Crippen LogP contribution in [0.5, 0.6) is 0 Å². The van der Waals surface area contributed by atoms with E-state index in [-0.39, 0.29) is 34.2 Å². The number of fused-ring (bicyclic) bond motifs is 2. The maximum absolute atomic E-state index is 12.4. The van der Waals surface area contributed by atoms with Crippen molar-refractivity contribution in [1.82, 2.24) is 5.32 Å². The van der Waals surface area contributed by atoms with Gasteiger partial charge in [0.15, 0.2) is 0 Å². The van der Waals surface area contributed by atoms with Crippen LogP contribution in [0.25, 0.3) is 0 Å². The third-order valence-corrected chi connectivity index (χ3v) is 6.91. The number of hydrogen-bond acceptors (Lipinski definition) is 3. The summed E-state index contributed by atoms with van der Waals surface area (Å²) in [6, 6.07) is 4.88. The van der Waals surface area contributed by atoms with Crippen LogP contribution in [0.2, 0.25) is 10.0 Å². The van der Waals surface area contributed by atoms with E-state index in [1.54, 1.807) is 18.2 Å². The molecule has 24 heavy (non-hydrogen) atoms. The molecule has 0 heterocycles. The fourth-order valence-electron chi connectivity index (χ4n) is 3.87. The van der Waals surface area contributed by atoms with Gasteiger partial charge >= 0.3 is 0 Å². The van der Waals surface area contributed by atoms with Crippen LogP contribution in [0, 0.1) is 11.8 Å². The number of amides is 1. The topological polar surface area (TPSA) is 66.5 Å². The first kappa shape index (κ1) is 17.8. The van der Waals surface area contributed by atoms with Gasteiger partial charge in [-0.05, 0) is 43.2 Å². The summed E-state index contributed by atoms with van der Waals surface area (Å²) in [6.45, 7) is -0.299. The number of sulfonamides is 1. The zero-order valence-corrected chi connectivity index (χ0v) is 15.7. The number of nitrogens with one attached hydrogen (secondary N) is 1. The molecule has 2 saturated carbocycles. The summed E-state index contributed by atoms with van der Waals surface area (Å²) >= 11 is 12.1. The molecule has 2 aliphatic carbocycles. The Morgan fingerprint density at radius 1 is 1.29 bits per heavy atom. The van der Waals surface area contributed by atoms with Crippen LogP contribution in [-0.2, 0) is 14.8 Å². The third kappa shape index (κ3) is 3.65. The van der Waals surface area contributed by atoms with Crippen molar-refractivity contribution >= 4 is 44.8 Å². The van der Waals surface area contributed by atoms with Gasteiger partial charge in [0.05, 0.1) is 22.0 Å². The molecule has 0 saturated heterocycles. The Hall–Kier alpha value is -0.980. The predicted octanol–water partition coefficient (Wildman–Crippen LogP) is 3.06. The fourth-order valence-corrected chi connectivity index (χ4v) is 5.18. The molecule has 0 radical (unpaired) electrons. The molecular formula is C16H20Cl2N2O3S. The maximum atomic E-state index is 12.4. The van der Waals surface area contributed by atoms with E-state index >= 15 is 0 Å². The van der Waals surface area contributed by atoms with Crippen molar-refractivity contribution in [3.63, 3.8) is 0 Å². The minimum absolute atomic E-state index is 0.123. The zero-order chi connectivity index (χ0) is 17.5. The molecule has 2 aliphatic rings. The molecule has 0 aliphatic heterocycles. The molecule has 1 N–H and O–H groups in total. The first-order valence-electron chi connectivity index (χ1n) is 7.97. The Kier molecular flexibility index (Phi) is 5.00. The van der Waals surface area contributed by atoms with Crippen LogP contribution in [0.4, 0.5) is 5.69 Å². The van der Waals surface area contributed by atoms with E-state index in [9.17, 15) is 13.2 Å². The summed E-state index contributed by atoms with van der Waals surface area (Å²) in [6.07, 6.45) is 5.60. The monoisotopic (exact) mass is 390 g/mol. The highest BCUT2D eigenvalue weighted by Crippen LogP contribution is 2.44. The molecule has 5 nitrogen and oxygen atoms in total. The quantitative estimate of drug-likeness (QED) is 0.839. The van der Waals surface area contributed by atoms with E-state index < -0.39 is 10.0 Å². The second-order valence-corrected chi connectivity index (χ2v) is 9.38. The lowest BCUT2D eigenvalue weighted by Gasteiger charge is -2.26. The summed E-state index contributed by atoms with van der Waals surface area (Å²) in [5.74, 6) is 0.920. The number of carbonyl (C=O) groups is 1. The average molecular weight is 391 g/mol. The molecular weight excluding hydrogens is 371 g/mol. The van der Waals surface area contributed by atoms with Gasteiger partial charge < -0.3 is 5.32 Å². The lowest BCUT2D eigenvalue weighted by molar-refractivity contribution is -0.120. The molecule has 3 rings (SSSR count). The summed E-state index contributed by atoms with van der Waals surface area (Å²) in [5.41, 5.74) is 0.217. The largest absolute Gasteiger partial charge is 0.352 e. The van der Waals surface area contributed by atoms with Gasteiger partial charge in [-0.3, -0.25) is 9.10 Å². The molecule has 0 aromatic heterocycles. The second-order valence-electron chi connectivity index (χ2n) is 6.69. The summed E-state index contributed by atoms with van der Waals surface area (Å²) < 4.78 is 25.3. The van der Waals surface area contributed by atoms with Crippen molar-refractivity contribution in [3.8, 4) is 0 Å². The third-order valence-electron chi connectivity index (χ3n) is 4.97. The number of halogens is 2. The normalized spacial score (nSPS) is 25.7. The lowest BCUT2D eigenvalue weighted by Crippen LogP contribution is -2.45. The smallest absolute Gasteiger partial charge is 0.241 e. The van der Waals surface area contributed by atoms with Crippen molar-refractivity contribution in [1.29, 1.82) is 0 Å². The molecule has 132 valence electrons. The lowest BCUT2D eigenvalue weighted by atomic mass is 9.95. The van der Waals surface area contributed by atoms with Gasteiger partial charge in [0.2, 0.25) is 15.9 Å². The van der Waals surface area contributed by atoms with E-state index in [4.69, 9.17) is 23.2 Å². The first-order valence-corrected chi connectivity index (χ1v) is 10.6. The Labute approximate surface area is 152 Å². The highest BCUT2D eigenvalue weighted by atomic mass is 35.5. The van der Waals surface area contributed by atoms with Crippen LogP contribution in [0.1, 0.15) is 25.7 Å². The minimum atomic E-state index is -3.67. The molecule has 0 spiro atoms. The van der Waals surface area contributed by atoms with Crippen molar-refractivity contribution in [3.05, 3.63) is 28.2 Å². The van der Waals surface area contributed by atoms with E-state index in [1.807, 2.05) is 0 Å². The average Bonchev–Trinajstić information content (AvgIpc) is 3.09. The van der Waals surface area contributed by atoms with Gasteiger partial charge in [-0.25, -0.2) is 8.42 Å². The van der Waals surface area contributed by atoms with Gasteiger partial charge in [0, 0.05) is 6.04 Å². The summed E-state index contributed by atoms with van der Waals surface area (Å²) in [5, 5.41) is 3.36. The van der Waals surface area contributed by atoms with Crippen LogP contribution >= 0.6 is 23.2 Å². The van der Waals surface area contributed by atoms with Crippen LogP contribution in [-0.4, -0.2) is 33.2 Å². The van der Waals surface area contributed by atoms with Crippen molar-refractivity contribution in [2.45, 2.75) is 31.7 Å². The SMILES string of the molecule is CS(=O)(=O)N(CC(=O)N[C@@H]1C[C@H]2CC[C@H]1C2)c1cccc(Cl)c1Cl. The Morgan fingerprint density at radius 3 is 2.62 bits per heavy atom. The zero-order valence-electron chi connectivity index (χ0n) is 13.3. The Bertz CT molecular complexity index is 754. The molecule has 0 unspecified atom stereocenters. The van der Waals surface area contributed by atoms with Crippen LogP contribution in [0.15, 0.2) is 18.2 Å². The number of benzene rings is 1. The predicted molar refractivity (Wildman–Crippen MR) is 96.0 cm³/mol. The van der Waals surface area contributed by atoms with Crippen molar-refractivity contribution in [2.24, 2.45) is 11.8 Å². The minimum Gasteiger partial charge on any atom is -0.352 e. The Balaban J connectivity index is 1.75. The number of carbonyl (C=O) groups excluding carboxylic acids is 1. The van der Waals surface area contributed by atoms with Gasteiger partial charge in [-0.15, -0.1) is 0 Å². The van der Waals surface area contributed by atoms with Gasteiger partial charge in [-0.2, -0.15) is 0 Å². The molecule has 2 fully saturated rings. The second kappa shape index (κ2) is 6.73. The summed E-state index contributed by atoms with van der Waals surface area (Å²) in [4.78, 5) is 12.4. The van der Waals surface area contributed by atoms with Crippen molar-refractivity contribution < 1.29 is 13.2 Å². The number of anilines is 1. The van der Waals surface area contributed by atoms with Gasteiger partial charge in [0.25, 0.3) is 0 Å². The van der Waals surface area contributed by atoms with E-state index in [2.05, 4.69) is 5.32 Å². The fraction of sp³-hybridized carbons (Fsp3) is 0.562. The summed E-state index contributed by atoms with van der Waals surface area (Å²) in [7, 11) is -3.67. The Morgan fingerprint density at radius 2 is 2.04 bits per heavy atom.